The van der Waals surface area contributed by atoms with Gasteiger partial charge in [-0.15, -0.1) is 0 Å². The first kappa shape index (κ1) is 19.1. The van der Waals surface area contributed by atoms with Crippen molar-refractivity contribution in [2.24, 2.45) is 0 Å². The van der Waals surface area contributed by atoms with Crippen molar-refractivity contribution in [3.8, 4) is 5.40 Å². The second kappa shape index (κ2) is 8.99. The highest BCUT2D eigenvalue weighted by molar-refractivity contribution is 8.26. The van der Waals surface area contributed by atoms with Crippen molar-refractivity contribution in [2.75, 3.05) is 0 Å². The van der Waals surface area contributed by atoms with Gasteiger partial charge in [0.05, 0.1) is 0 Å². The van der Waals surface area contributed by atoms with Crippen molar-refractivity contribution >= 4 is 53.1 Å². The molecule has 12 heteroatoms. The predicted molar refractivity (Wildman–Crippen MR) is 56.1 cm³/mol. The second-order valence-corrected chi connectivity index (χ2v) is 5.59. The molecule has 0 amide bonds. The van der Waals surface area contributed by atoms with E-state index in [-0.39, 0.29) is 0 Å². The topological polar surface area (TPSA) is 139 Å². The van der Waals surface area contributed by atoms with E-state index in [1.807, 2.05) is 0 Å². The van der Waals surface area contributed by atoms with E-state index < -0.39 is 18.1 Å². The second-order valence-electron chi connectivity index (χ2n) is 0.996. The third-order valence-electron chi connectivity index (χ3n) is 0. The van der Waals surface area contributed by atoms with Crippen molar-refractivity contribution in [3.05, 3.63) is 0 Å². The molecule has 0 rings (SSSR count). The number of rotatable bonds is 0. The summed E-state index contributed by atoms with van der Waals surface area (Å²) in [7, 11) is -7.67. The molecule has 7 nitrogen and oxygen atoms in total. The molecule has 0 bridgehead atoms. The summed E-state index contributed by atoms with van der Waals surface area (Å²) in [6, 6.07) is 0. The summed E-state index contributed by atoms with van der Waals surface area (Å²) < 4.78 is 47.9. The molecule has 0 unspecified atom stereocenters. The fourth-order valence-electron chi connectivity index (χ4n) is 0. The molecule has 0 atom stereocenters. The number of hydrogen-bond acceptors (Lipinski definition) is 6. The molecule has 4 N–H and O–H groups in total. The van der Waals surface area contributed by atoms with Crippen LogP contribution in [0, 0.1) is 10.7 Å². The van der Waals surface area contributed by atoms with E-state index in [1.165, 1.54) is 5.40 Å². The Kier molecular flexibility index (Phi) is 13.2. The molecule has 0 saturated heterocycles. The quantitative estimate of drug-likeness (QED) is 0.301. The van der Waals surface area contributed by atoms with Crippen molar-refractivity contribution in [3.63, 3.8) is 0 Å². The van der Waals surface area contributed by atoms with E-state index in [2.05, 4.69) is 35.0 Å². The van der Waals surface area contributed by atoms with Crippen LogP contribution in [0.15, 0.2) is 0 Å². The summed E-state index contributed by atoms with van der Waals surface area (Å²) in [5.41, 5.74) is 0. The Morgan fingerprint density at radius 1 is 1.08 bits per heavy atom. The molecule has 13 heavy (non-hydrogen) atoms. The van der Waals surface area contributed by atoms with E-state index in [1.54, 1.807) is 0 Å². The Morgan fingerprint density at radius 2 is 1.08 bits per heavy atom. The summed E-state index contributed by atoms with van der Waals surface area (Å²) in [6.07, 6.45) is 0. The van der Waals surface area contributed by atoms with Gasteiger partial charge in [-0.2, -0.15) is 13.7 Å². The molecule has 80 valence electrons. The van der Waals surface area contributed by atoms with Crippen LogP contribution in [0.2, 0.25) is 0 Å². The molecule has 0 aliphatic carbocycles. The summed E-state index contributed by atoms with van der Waals surface area (Å²) in [4.78, 5) is 0. The average Bonchev–Trinajstić information content (AvgIpc) is 1.52. The Morgan fingerprint density at radius 3 is 1.08 bits per heavy atom. The van der Waals surface area contributed by atoms with Crippen LogP contribution in [0.3, 0.4) is 0 Å². The van der Waals surface area contributed by atoms with Crippen LogP contribution in [-0.4, -0.2) is 26.6 Å². The first-order valence-electron chi connectivity index (χ1n) is 1.84. The maximum atomic E-state index is 9.11. The number of nitriles is 1. The Balaban J connectivity index is -0.000000120. The SMILES string of the molecule is N#CS.O=S(O)(O)=S.O=S(O)(O)=S. The third-order valence-corrected chi connectivity index (χ3v) is 0. The van der Waals surface area contributed by atoms with Gasteiger partial charge >= 0.3 is 0 Å². The van der Waals surface area contributed by atoms with Gasteiger partial charge in [-0.25, -0.2) is 0 Å². The highest BCUT2D eigenvalue weighted by Crippen LogP contribution is 1.62. The zero-order valence-electron chi connectivity index (χ0n) is 5.63. The van der Waals surface area contributed by atoms with E-state index in [0.29, 0.717) is 0 Å². The van der Waals surface area contributed by atoms with Crippen LogP contribution in [-0.2, 0) is 40.5 Å². The molecular weight excluding hydrogens is 282 g/mol. The van der Waals surface area contributed by atoms with E-state index in [4.69, 9.17) is 31.9 Å². The zero-order chi connectivity index (χ0) is 11.7. The molecule has 0 spiro atoms. The smallest absolute Gasteiger partial charge is 0.263 e. The normalized spacial score (nSPS) is 9.54. The van der Waals surface area contributed by atoms with Gasteiger partial charge in [0, 0.05) is 22.4 Å². The molecule has 0 aliphatic rings. The molecular formula is CH5NO6S5. The van der Waals surface area contributed by atoms with Crippen LogP contribution >= 0.6 is 12.6 Å². The van der Waals surface area contributed by atoms with Crippen molar-refractivity contribution in [1.82, 2.24) is 0 Å². The number of thiol groups is 1. The predicted octanol–water partition coefficient (Wildman–Crippen LogP) is -0.245. The first-order chi connectivity index (χ1) is 5.41. The van der Waals surface area contributed by atoms with E-state index in [0.717, 1.165) is 0 Å². The van der Waals surface area contributed by atoms with Crippen molar-refractivity contribution in [2.45, 2.75) is 0 Å². The van der Waals surface area contributed by atoms with Crippen LogP contribution in [0.1, 0.15) is 0 Å². The molecule has 0 heterocycles. The largest absolute Gasteiger partial charge is 0.285 e. The first-order valence-corrected chi connectivity index (χ1v) is 7.09. The van der Waals surface area contributed by atoms with E-state index in [9.17, 15) is 0 Å². The minimum atomic E-state index is -3.83. The average molecular weight is 287 g/mol. The van der Waals surface area contributed by atoms with Gasteiger partial charge in [-0.05, 0) is 0 Å². The highest BCUT2D eigenvalue weighted by Gasteiger charge is 1.78. The van der Waals surface area contributed by atoms with Crippen LogP contribution in [0.25, 0.3) is 0 Å². The molecule has 0 aliphatic heterocycles. The van der Waals surface area contributed by atoms with Crippen molar-refractivity contribution < 1.29 is 26.6 Å². The fraction of sp³-hybridized carbons (Fsp3) is 0. The molecule has 0 saturated carbocycles. The lowest BCUT2D eigenvalue weighted by Crippen LogP contribution is -1.86. The lowest BCUT2D eigenvalue weighted by atomic mass is 11.8. The van der Waals surface area contributed by atoms with Crippen molar-refractivity contribution in [1.29, 1.82) is 5.26 Å². The van der Waals surface area contributed by atoms with Crippen LogP contribution in [0.5, 0.6) is 0 Å². The Hall–Kier alpha value is 0.420. The molecule has 0 fully saturated rings. The standard InChI is InChI=1S/CHNS.2H2O3S2/c2-1-3;2*1-5(2,3)4/h3H;2*(H2,1,2,3,4). The maximum absolute atomic E-state index is 9.11. The Bertz CT molecular complexity index is 286. The molecule has 0 radical (unpaired) electrons. The van der Waals surface area contributed by atoms with E-state index >= 15 is 0 Å². The minimum Gasteiger partial charge on any atom is -0.285 e. The third kappa shape index (κ3) is 7640. The zero-order valence-corrected chi connectivity index (χ0v) is 9.79. The minimum absolute atomic E-state index is 1.44. The van der Waals surface area contributed by atoms with Crippen LogP contribution < -0.4 is 0 Å². The monoisotopic (exact) mass is 287 g/mol. The molecule has 0 aromatic rings. The molecule has 0 aromatic heterocycles. The lowest BCUT2D eigenvalue weighted by molar-refractivity contribution is 0.448. The summed E-state index contributed by atoms with van der Waals surface area (Å²) >= 11 is 10.0. The summed E-state index contributed by atoms with van der Waals surface area (Å²) in [5, 5.41) is 8.63. The fourth-order valence-corrected chi connectivity index (χ4v) is 0. The highest BCUT2D eigenvalue weighted by atomic mass is 32.9. The molecule has 0 aromatic carbocycles. The van der Waals surface area contributed by atoms with Gasteiger partial charge < -0.3 is 0 Å². The van der Waals surface area contributed by atoms with Crippen LogP contribution in [0.4, 0.5) is 0 Å². The van der Waals surface area contributed by atoms with Gasteiger partial charge in [0.15, 0.2) is 0 Å². The Labute approximate surface area is 90.2 Å². The summed E-state index contributed by atoms with van der Waals surface area (Å²) in [5.74, 6) is 0. The number of hydrogen-bond donors (Lipinski definition) is 5. The van der Waals surface area contributed by atoms with Gasteiger partial charge in [0.25, 0.3) is 18.1 Å². The van der Waals surface area contributed by atoms with Gasteiger partial charge in [-0.3, -0.25) is 18.2 Å². The maximum Gasteiger partial charge on any atom is 0.263 e. The number of nitrogens with zero attached hydrogens (tertiary/aromatic N) is 1. The van der Waals surface area contributed by atoms with Gasteiger partial charge in [0.1, 0.15) is 5.40 Å². The summed E-state index contributed by atoms with van der Waals surface area (Å²) in [6.45, 7) is 0. The number of thiocyanates is 1. The lowest BCUT2D eigenvalue weighted by Gasteiger charge is -1.73. The van der Waals surface area contributed by atoms with Gasteiger partial charge in [-0.1, -0.05) is 12.6 Å². The van der Waals surface area contributed by atoms with Gasteiger partial charge in [0.2, 0.25) is 0 Å².